The van der Waals surface area contributed by atoms with Crippen LogP contribution in [0.5, 0.6) is 0 Å². The Labute approximate surface area is 100 Å². The molecule has 0 fully saturated rings. The molecule has 0 heterocycles. The summed E-state index contributed by atoms with van der Waals surface area (Å²) in [5, 5.41) is 0. The zero-order chi connectivity index (χ0) is 9.85. The van der Waals surface area contributed by atoms with Crippen LogP contribution in [0.15, 0.2) is 22.7 Å². The van der Waals surface area contributed by atoms with Crippen molar-refractivity contribution >= 4 is 6.79 Å². The standard InChI is InChI=1S/C5H5.CO.4CH3.2ClH.Co/c1-2-4-5-3-1;1-2;;;;;;;/h1-3H,4H2;;4*1H3;2*1H;/q;;;;;;;;+2/p-2. The maximum Gasteiger partial charge on any atom is 0.281 e. The van der Waals surface area contributed by atoms with Gasteiger partial charge in [0.2, 0.25) is 0 Å². The van der Waals surface area contributed by atoms with Crippen LogP contribution in [0, 0.1) is 0 Å². The Kier molecular flexibility index (Phi) is 9.41. The summed E-state index contributed by atoms with van der Waals surface area (Å²) < 4.78 is 1.66. The van der Waals surface area contributed by atoms with Crippen molar-refractivity contribution in [2.45, 2.75) is 29.9 Å². The third-order valence-electron chi connectivity index (χ3n) is 1.57. The fourth-order valence-corrected chi connectivity index (χ4v) is 2.67. The Morgan fingerprint density at radius 1 is 1.14 bits per heavy atom. The van der Waals surface area contributed by atoms with E-state index in [2.05, 4.69) is 48.4 Å². The second-order valence-electron chi connectivity index (χ2n) is 3.88. The summed E-state index contributed by atoms with van der Waals surface area (Å²) in [7, 11) is 0. The molecule has 14 heavy (non-hydrogen) atoms. The number of carbonyl (C=O) groups excluding carboxylic acids is 1. The number of hydrogen-bond acceptors (Lipinski definition) is 1. The van der Waals surface area contributed by atoms with Gasteiger partial charge in [0, 0.05) is 0 Å². The molecule has 0 spiro atoms. The molecule has 0 atom stereocenters. The molecular formula is C10H17Cl2CoO. The Hall–Kier alpha value is 0.236. The Bertz CT molecular complexity index is 217. The van der Waals surface area contributed by atoms with E-state index in [1.54, 1.807) is 4.51 Å². The van der Waals surface area contributed by atoms with Gasteiger partial charge in [-0.2, -0.15) is 0 Å². The molecular weight excluding hydrogens is 266 g/mol. The van der Waals surface area contributed by atoms with Crippen molar-refractivity contribution in [3.05, 3.63) is 22.7 Å². The Morgan fingerprint density at radius 2 is 1.57 bits per heavy atom. The van der Waals surface area contributed by atoms with E-state index in [0.717, 1.165) is 0 Å². The van der Waals surface area contributed by atoms with E-state index >= 15 is 0 Å². The van der Waals surface area contributed by atoms with Crippen LogP contribution < -0.4 is 24.8 Å². The summed E-state index contributed by atoms with van der Waals surface area (Å²) in [4.78, 5) is 7.50. The van der Waals surface area contributed by atoms with E-state index in [9.17, 15) is 0 Å². The fraction of sp³-hybridized carbons (Fsp3) is 0.500. The van der Waals surface area contributed by atoms with Gasteiger partial charge < -0.3 is 24.8 Å². The van der Waals surface area contributed by atoms with E-state index in [1.165, 1.54) is 6.42 Å². The molecule has 0 aromatic heterocycles. The number of rotatable bonds is 1. The predicted molar refractivity (Wildman–Crippen MR) is 51.0 cm³/mol. The molecule has 0 bridgehead atoms. The maximum atomic E-state index is 7.50. The van der Waals surface area contributed by atoms with E-state index < -0.39 is 11.6 Å². The van der Waals surface area contributed by atoms with Crippen molar-refractivity contribution in [2.24, 2.45) is 0 Å². The summed E-state index contributed by atoms with van der Waals surface area (Å²) >= 11 is -1.37. The minimum Gasteiger partial charge on any atom is -1.00 e. The van der Waals surface area contributed by atoms with Gasteiger partial charge >= 0.3 is 64.2 Å². The van der Waals surface area contributed by atoms with Crippen molar-refractivity contribution in [1.82, 2.24) is 0 Å². The van der Waals surface area contributed by atoms with Crippen LogP contribution in [-0.4, -0.2) is 6.79 Å². The first-order valence-corrected chi connectivity index (χ1v) is 8.11. The second kappa shape index (κ2) is 6.67. The Balaban J connectivity index is -0.000000284. The summed E-state index contributed by atoms with van der Waals surface area (Å²) in [6.45, 7) is 4.50. The molecule has 0 aliphatic heterocycles. The molecule has 1 aliphatic rings. The van der Waals surface area contributed by atoms with Crippen LogP contribution in [0.2, 0.25) is 23.4 Å². The monoisotopic (exact) mass is 282 g/mol. The van der Waals surface area contributed by atoms with Crippen molar-refractivity contribution in [2.75, 3.05) is 0 Å². The van der Waals surface area contributed by atoms with Gasteiger partial charge in [-0.05, 0) is 0 Å². The predicted octanol–water partition coefficient (Wildman–Crippen LogP) is -2.68. The average molecular weight is 283 g/mol. The SMILES string of the molecule is [CH3][Co+2]([CH3])([CH3])([CH3])[C]1=CC=CC1.[C]=O.[Cl-].[Cl-]. The van der Waals surface area contributed by atoms with Crippen LogP contribution in [0.25, 0.3) is 0 Å². The minimum absolute atomic E-state index is 0. The fourth-order valence-electron chi connectivity index (χ4n) is 0.906. The molecule has 1 nitrogen and oxygen atoms in total. The largest absolute Gasteiger partial charge is 1.00 e. The van der Waals surface area contributed by atoms with Gasteiger partial charge in [-0.15, -0.1) is 0 Å². The van der Waals surface area contributed by atoms with Gasteiger partial charge in [0.05, 0.1) is 0 Å². The van der Waals surface area contributed by atoms with E-state index in [4.69, 9.17) is 4.79 Å². The molecule has 1 aliphatic carbocycles. The van der Waals surface area contributed by atoms with Gasteiger partial charge in [-0.25, -0.2) is 0 Å². The van der Waals surface area contributed by atoms with Crippen LogP contribution in [-0.2, 0) is 16.4 Å². The van der Waals surface area contributed by atoms with Crippen molar-refractivity contribution in [3.8, 4) is 0 Å². The van der Waals surface area contributed by atoms with Gasteiger partial charge in [-0.1, -0.05) is 0 Å². The van der Waals surface area contributed by atoms with Crippen molar-refractivity contribution < 1.29 is 41.2 Å². The second-order valence-corrected chi connectivity index (χ2v) is 12.9. The molecule has 0 aromatic carbocycles. The molecule has 1 rings (SSSR count). The summed E-state index contributed by atoms with van der Waals surface area (Å²) in [6.07, 6.45) is 7.90. The first-order valence-electron chi connectivity index (χ1n) is 3.42. The summed E-state index contributed by atoms with van der Waals surface area (Å²) in [5.41, 5.74) is 0. The maximum absolute atomic E-state index is 7.50. The molecule has 0 unspecified atom stereocenters. The molecule has 2 radical (unpaired) electrons. The molecule has 0 saturated heterocycles. The number of hydrogen-bond donors (Lipinski definition) is 0. The topological polar surface area (TPSA) is 17.1 Å². The normalized spacial score (nSPS) is 16.0. The van der Waals surface area contributed by atoms with Crippen LogP contribution in [0.1, 0.15) is 6.42 Å². The molecule has 86 valence electrons. The summed E-state index contributed by atoms with van der Waals surface area (Å²) in [6, 6.07) is 0. The zero-order valence-electron chi connectivity index (χ0n) is 8.94. The first kappa shape index (κ1) is 19.8. The quantitative estimate of drug-likeness (QED) is 0.513. The van der Waals surface area contributed by atoms with E-state index in [0.29, 0.717) is 0 Å². The van der Waals surface area contributed by atoms with Gasteiger partial charge in [0.15, 0.2) is 0 Å². The molecule has 0 N–H and O–H groups in total. The van der Waals surface area contributed by atoms with Crippen LogP contribution in [0.4, 0.5) is 0 Å². The van der Waals surface area contributed by atoms with Gasteiger partial charge in [0.1, 0.15) is 0 Å². The average Bonchev–Trinajstić information content (AvgIpc) is 2.39. The first-order chi connectivity index (χ1) is 5.36. The van der Waals surface area contributed by atoms with Gasteiger partial charge in [-0.3, -0.25) is 4.79 Å². The molecule has 0 saturated carbocycles. The van der Waals surface area contributed by atoms with Gasteiger partial charge in [0.25, 0.3) is 6.79 Å². The smallest absolute Gasteiger partial charge is 0.281 e. The van der Waals surface area contributed by atoms with Crippen molar-refractivity contribution in [1.29, 1.82) is 0 Å². The zero-order valence-corrected chi connectivity index (χ0v) is 11.5. The van der Waals surface area contributed by atoms with Crippen LogP contribution in [0.3, 0.4) is 0 Å². The minimum atomic E-state index is -1.37. The molecule has 0 aromatic rings. The number of allylic oxidation sites excluding steroid dienone is 4. The van der Waals surface area contributed by atoms with Crippen LogP contribution >= 0.6 is 0 Å². The Morgan fingerprint density at radius 3 is 1.71 bits per heavy atom. The third kappa shape index (κ3) is 6.66. The molecule has 0 amide bonds. The summed E-state index contributed by atoms with van der Waals surface area (Å²) in [5.74, 6) is 9.62. The third-order valence-corrected chi connectivity index (χ3v) is 4.63. The van der Waals surface area contributed by atoms with E-state index in [-0.39, 0.29) is 24.8 Å². The van der Waals surface area contributed by atoms with E-state index in [1.807, 2.05) is 0 Å². The molecule has 4 heteroatoms. The number of halogens is 2. The van der Waals surface area contributed by atoms with Crippen molar-refractivity contribution in [3.63, 3.8) is 0 Å².